The van der Waals surface area contributed by atoms with Crippen LogP contribution < -0.4 is 10.6 Å². The molecule has 1 aliphatic heterocycles. The molecule has 2 aromatic heterocycles. The van der Waals surface area contributed by atoms with Crippen LogP contribution in [0, 0.1) is 6.92 Å². The van der Waals surface area contributed by atoms with Crippen molar-refractivity contribution in [3.05, 3.63) is 23.7 Å². The van der Waals surface area contributed by atoms with Crippen molar-refractivity contribution < 1.29 is 18.0 Å². The average molecular weight is 299 g/mol. The van der Waals surface area contributed by atoms with Gasteiger partial charge in [0.2, 0.25) is 0 Å². The van der Waals surface area contributed by atoms with Gasteiger partial charge in [-0.3, -0.25) is 4.90 Å². The monoisotopic (exact) mass is 299 g/mol. The third-order valence-corrected chi connectivity index (χ3v) is 3.77. The quantitative estimate of drug-likeness (QED) is 0.805. The van der Waals surface area contributed by atoms with E-state index in [-0.39, 0.29) is 11.4 Å². The van der Waals surface area contributed by atoms with Crippen molar-refractivity contribution in [2.75, 3.05) is 11.4 Å². The lowest BCUT2D eigenvalue weighted by molar-refractivity contribution is -0.181. The van der Waals surface area contributed by atoms with Crippen LogP contribution in [0.4, 0.5) is 23.7 Å². The number of halogens is 3. The molecular formula is C12H12F3N5O. The molecule has 0 aliphatic carbocycles. The molecule has 2 amide bonds. The first kappa shape index (κ1) is 13.7. The Bertz CT molecular complexity index is 753. The van der Waals surface area contributed by atoms with Crippen molar-refractivity contribution in [1.82, 2.24) is 14.6 Å². The van der Waals surface area contributed by atoms with Gasteiger partial charge in [0.15, 0.2) is 5.65 Å². The van der Waals surface area contributed by atoms with Crippen LogP contribution in [0.15, 0.2) is 12.3 Å². The van der Waals surface area contributed by atoms with Crippen molar-refractivity contribution in [3.63, 3.8) is 0 Å². The first-order valence-electron chi connectivity index (χ1n) is 6.15. The molecule has 6 nitrogen and oxygen atoms in total. The number of rotatable bonds is 0. The van der Waals surface area contributed by atoms with Gasteiger partial charge in [-0.2, -0.15) is 18.3 Å². The first-order valence-corrected chi connectivity index (χ1v) is 6.15. The number of aryl methyl sites for hydroxylation is 1. The fourth-order valence-electron chi connectivity index (χ4n) is 2.65. The summed E-state index contributed by atoms with van der Waals surface area (Å²) in [7, 11) is 0. The molecule has 1 unspecified atom stereocenters. The van der Waals surface area contributed by atoms with Gasteiger partial charge in [0.1, 0.15) is 5.41 Å². The molecule has 0 spiro atoms. The lowest BCUT2D eigenvalue weighted by atomic mass is 9.88. The fraction of sp³-hybridized carbons (Fsp3) is 0.417. The lowest BCUT2D eigenvalue weighted by Crippen LogP contribution is -2.46. The van der Waals surface area contributed by atoms with Gasteiger partial charge in [-0.25, -0.2) is 14.3 Å². The summed E-state index contributed by atoms with van der Waals surface area (Å²) in [5.41, 5.74) is 3.70. The third kappa shape index (κ3) is 1.69. The molecule has 112 valence electrons. The number of primary amides is 1. The molecule has 1 atom stereocenters. The van der Waals surface area contributed by atoms with Gasteiger partial charge in [0.05, 0.1) is 23.3 Å². The van der Waals surface area contributed by atoms with Crippen LogP contribution >= 0.6 is 0 Å². The molecular weight excluding hydrogens is 287 g/mol. The Labute approximate surface area is 117 Å². The average Bonchev–Trinajstić information content (AvgIpc) is 2.86. The predicted octanol–water partition coefficient (Wildman–Crippen LogP) is 1.76. The van der Waals surface area contributed by atoms with Crippen LogP contribution in [0.2, 0.25) is 0 Å². The maximum atomic E-state index is 13.6. The second-order valence-corrected chi connectivity index (χ2v) is 5.30. The number of amides is 2. The molecule has 0 bridgehead atoms. The molecule has 0 saturated carbocycles. The maximum Gasteiger partial charge on any atom is 0.401 e. The Morgan fingerprint density at radius 3 is 2.71 bits per heavy atom. The summed E-state index contributed by atoms with van der Waals surface area (Å²) in [5.74, 6) is 0. The fourth-order valence-corrected chi connectivity index (χ4v) is 2.65. The number of carbonyl (C=O) groups is 1. The summed E-state index contributed by atoms with van der Waals surface area (Å²) in [6.45, 7) is 2.11. The molecule has 0 saturated heterocycles. The third-order valence-electron chi connectivity index (χ3n) is 3.77. The minimum Gasteiger partial charge on any atom is -0.351 e. The maximum absolute atomic E-state index is 13.6. The topological polar surface area (TPSA) is 76.5 Å². The van der Waals surface area contributed by atoms with E-state index in [9.17, 15) is 18.0 Å². The Kier molecular flexibility index (Phi) is 2.51. The highest BCUT2D eigenvalue weighted by Crippen LogP contribution is 2.49. The number of carbonyl (C=O) groups excluding carboxylic acids is 1. The van der Waals surface area contributed by atoms with Crippen LogP contribution in [0.3, 0.4) is 0 Å². The molecule has 0 fully saturated rings. The van der Waals surface area contributed by atoms with Gasteiger partial charge in [-0.15, -0.1) is 0 Å². The first-order chi connectivity index (χ1) is 9.65. The van der Waals surface area contributed by atoms with E-state index >= 15 is 0 Å². The van der Waals surface area contributed by atoms with Gasteiger partial charge >= 0.3 is 12.2 Å². The summed E-state index contributed by atoms with van der Waals surface area (Å²) in [6.07, 6.45) is -3.33. The second-order valence-electron chi connectivity index (χ2n) is 5.30. The summed E-state index contributed by atoms with van der Waals surface area (Å²) >= 11 is 0. The largest absolute Gasteiger partial charge is 0.401 e. The number of nitrogens with zero attached hydrogens (tertiary/aromatic N) is 4. The van der Waals surface area contributed by atoms with Crippen LogP contribution in [0.5, 0.6) is 0 Å². The molecule has 3 heterocycles. The zero-order valence-electron chi connectivity index (χ0n) is 11.3. The number of hydrogen-bond acceptors (Lipinski definition) is 3. The van der Waals surface area contributed by atoms with Crippen LogP contribution in [0.25, 0.3) is 5.65 Å². The molecule has 21 heavy (non-hydrogen) atoms. The lowest BCUT2D eigenvalue weighted by Gasteiger charge is -2.27. The molecule has 2 N–H and O–H groups in total. The number of anilines is 1. The van der Waals surface area contributed by atoms with Crippen molar-refractivity contribution in [1.29, 1.82) is 0 Å². The summed E-state index contributed by atoms with van der Waals surface area (Å²) in [6, 6.07) is 0.624. The van der Waals surface area contributed by atoms with Crippen molar-refractivity contribution in [2.45, 2.75) is 25.4 Å². The minimum absolute atomic E-state index is 0.0397. The molecule has 3 rings (SSSR count). The van der Waals surface area contributed by atoms with E-state index in [4.69, 9.17) is 5.73 Å². The molecule has 1 aliphatic rings. The Hall–Kier alpha value is -2.32. The van der Waals surface area contributed by atoms with Crippen molar-refractivity contribution in [2.24, 2.45) is 5.73 Å². The highest BCUT2D eigenvalue weighted by molar-refractivity contribution is 5.93. The zero-order valence-corrected chi connectivity index (χ0v) is 11.3. The van der Waals surface area contributed by atoms with E-state index in [0.717, 1.165) is 16.3 Å². The number of urea groups is 1. The van der Waals surface area contributed by atoms with E-state index in [1.807, 2.05) is 0 Å². The number of hydrogen-bond donors (Lipinski definition) is 1. The second kappa shape index (κ2) is 3.86. The van der Waals surface area contributed by atoms with Crippen molar-refractivity contribution >= 4 is 17.4 Å². The van der Waals surface area contributed by atoms with Gasteiger partial charge < -0.3 is 5.73 Å². The minimum atomic E-state index is -4.56. The SMILES string of the molecule is Cc1cc2ncc3c(n2n1)C(C)(C(F)(F)F)CN3C(N)=O. The van der Waals surface area contributed by atoms with Crippen LogP contribution in [-0.2, 0) is 5.41 Å². The van der Waals surface area contributed by atoms with Crippen LogP contribution in [0.1, 0.15) is 18.3 Å². The van der Waals surface area contributed by atoms with E-state index in [1.165, 1.54) is 6.20 Å². The summed E-state index contributed by atoms with van der Waals surface area (Å²) < 4.78 is 41.8. The highest BCUT2D eigenvalue weighted by Gasteiger charge is 2.60. The normalized spacial score (nSPS) is 21.9. The highest BCUT2D eigenvalue weighted by atomic mass is 19.4. The predicted molar refractivity (Wildman–Crippen MR) is 68.1 cm³/mol. The number of nitrogens with two attached hydrogens (primary N) is 1. The molecule has 2 aromatic rings. The smallest absolute Gasteiger partial charge is 0.351 e. The van der Waals surface area contributed by atoms with E-state index in [2.05, 4.69) is 10.1 Å². The molecule has 9 heteroatoms. The van der Waals surface area contributed by atoms with Gasteiger partial charge in [-0.05, 0) is 13.8 Å². The van der Waals surface area contributed by atoms with Gasteiger partial charge in [0, 0.05) is 12.6 Å². The molecule has 0 aromatic carbocycles. The van der Waals surface area contributed by atoms with Gasteiger partial charge in [0.25, 0.3) is 0 Å². The van der Waals surface area contributed by atoms with E-state index < -0.39 is 24.2 Å². The van der Waals surface area contributed by atoms with Crippen molar-refractivity contribution in [3.8, 4) is 0 Å². The Morgan fingerprint density at radius 1 is 1.48 bits per heavy atom. The van der Waals surface area contributed by atoms with Crippen LogP contribution in [-0.4, -0.2) is 33.4 Å². The number of fused-ring (bicyclic) bond motifs is 3. The summed E-state index contributed by atoms with van der Waals surface area (Å²) in [4.78, 5) is 16.4. The summed E-state index contributed by atoms with van der Waals surface area (Å²) in [5, 5.41) is 4.06. The van der Waals surface area contributed by atoms with E-state index in [1.54, 1.807) is 13.0 Å². The molecule has 0 radical (unpaired) electrons. The Balaban J connectivity index is 2.38. The standard InChI is InChI=1S/C12H12F3N5O/c1-6-3-8-17-4-7-9(20(8)18-6)11(2,12(13,14)15)5-19(7)10(16)21/h3-4H,5H2,1-2H3,(H2,16,21). The number of aromatic nitrogens is 3. The zero-order chi connectivity index (χ0) is 15.6. The Morgan fingerprint density at radius 2 is 2.14 bits per heavy atom. The number of alkyl halides is 3. The van der Waals surface area contributed by atoms with E-state index in [0.29, 0.717) is 11.3 Å². The van der Waals surface area contributed by atoms with Gasteiger partial charge in [-0.1, -0.05) is 0 Å².